The number of ether oxygens (including phenoxy) is 2. The molecule has 35 heavy (non-hydrogen) atoms. The van der Waals surface area contributed by atoms with Gasteiger partial charge in [0.15, 0.2) is 0 Å². The highest BCUT2D eigenvalue weighted by Gasteiger charge is 2.31. The molecule has 2 aromatic rings. The van der Waals surface area contributed by atoms with Gasteiger partial charge in [0, 0.05) is 37.9 Å². The molecule has 3 heteroatoms. The Hall–Kier alpha value is -2.62. The molecule has 0 amide bonds. The Bertz CT molecular complexity index is 971. The van der Waals surface area contributed by atoms with Crippen LogP contribution in [0.1, 0.15) is 58.1 Å². The van der Waals surface area contributed by atoms with Crippen molar-refractivity contribution in [2.24, 2.45) is 5.92 Å². The molecule has 0 saturated heterocycles. The third-order valence-corrected chi connectivity index (χ3v) is 6.79. The van der Waals surface area contributed by atoms with Crippen LogP contribution in [0.5, 0.6) is 0 Å². The van der Waals surface area contributed by atoms with Crippen molar-refractivity contribution in [1.29, 1.82) is 0 Å². The summed E-state index contributed by atoms with van der Waals surface area (Å²) < 4.78 is 11.6. The van der Waals surface area contributed by atoms with E-state index in [0.29, 0.717) is 19.1 Å². The molecular formula is C32H43NO2. The van der Waals surface area contributed by atoms with Crippen molar-refractivity contribution in [2.45, 2.75) is 47.0 Å². The quantitative estimate of drug-likeness (QED) is 0.279. The van der Waals surface area contributed by atoms with E-state index in [2.05, 4.69) is 105 Å². The molecule has 0 radical (unpaired) electrons. The molecule has 1 aliphatic rings. The Morgan fingerprint density at radius 1 is 0.800 bits per heavy atom. The number of nitrogens with zero attached hydrogens (tertiary/aromatic N) is 1. The van der Waals surface area contributed by atoms with Crippen LogP contribution in [0.2, 0.25) is 0 Å². The van der Waals surface area contributed by atoms with Crippen LogP contribution in [-0.4, -0.2) is 44.4 Å². The highest BCUT2D eigenvalue weighted by atomic mass is 16.5. The SMILES string of the molecule is CCOC/C=C(/C1=C(N(CC)CC)C(/C(=C\COCC)c2ccccc2)CCC1)c1ccccc1. The van der Waals surface area contributed by atoms with E-state index < -0.39 is 0 Å². The lowest BCUT2D eigenvalue weighted by Gasteiger charge is -2.39. The van der Waals surface area contributed by atoms with Crippen molar-refractivity contribution in [2.75, 3.05) is 39.5 Å². The number of benzene rings is 2. The molecule has 0 N–H and O–H groups in total. The zero-order chi connectivity index (χ0) is 24.9. The average molecular weight is 474 g/mol. The summed E-state index contributed by atoms with van der Waals surface area (Å²) in [5.74, 6) is 0.334. The van der Waals surface area contributed by atoms with Crippen molar-refractivity contribution < 1.29 is 9.47 Å². The maximum atomic E-state index is 5.80. The second-order valence-electron chi connectivity index (χ2n) is 8.81. The van der Waals surface area contributed by atoms with Crippen LogP contribution in [0, 0.1) is 5.92 Å². The summed E-state index contributed by atoms with van der Waals surface area (Å²) in [6, 6.07) is 21.7. The number of hydrogen-bond donors (Lipinski definition) is 0. The van der Waals surface area contributed by atoms with Gasteiger partial charge in [-0.15, -0.1) is 0 Å². The lowest BCUT2D eigenvalue weighted by molar-refractivity contribution is 0.177. The first-order valence-electron chi connectivity index (χ1n) is 13.4. The van der Waals surface area contributed by atoms with Gasteiger partial charge in [-0.2, -0.15) is 0 Å². The first-order chi connectivity index (χ1) is 17.2. The third kappa shape index (κ3) is 7.19. The summed E-state index contributed by atoms with van der Waals surface area (Å²) in [6.45, 7) is 13.4. The second-order valence-corrected chi connectivity index (χ2v) is 8.81. The molecule has 3 nitrogen and oxygen atoms in total. The van der Waals surface area contributed by atoms with Crippen LogP contribution in [0.25, 0.3) is 11.1 Å². The normalized spacial score (nSPS) is 17.1. The van der Waals surface area contributed by atoms with Crippen LogP contribution in [0.4, 0.5) is 0 Å². The smallest absolute Gasteiger partial charge is 0.0656 e. The second kappa shape index (κ2) is 14.7. The van der Waals surface area contributed by atoms with Gasteiger partial charge in [0.1, 0.15) is 0 Å². The fourth-order valence-corrected chi connectivity index (χ4v) is 5.16. The number of allylic oxidation sites excluding steroid dienone is 3. The first kappa shape index (κ1) is 27.0. The largest absolute Gasteiger partial charge is 0.378 e. The van der Waals surface area contributed by atoms with Crippen LogP contribution >= 0.6 is 0 Å². The zero-order valence-electron chi connectivity index (χ0n) is 22.1. The summed E-state index contributed by atoms with van der Waals surface area (Å²) in [4.78, 5) is 2.58. The molecule has 1 atom stereocenters. The van der Waals surface area contributed by atoms with Crippen LogP contribution in [-0.2, 0) is 9.47 Å². The molecule has 1 aliphatic carbocycles. The number of rotatable bonds is 13. The fourth-order valence-electron chi connectivity index (χ4n) is 5.16. The Balaban J connectivity index is 2.20. The van der Waals surface area contributed by atoms with E-state index in [0.717, 1.165) is 39.1 Å². The third-order valence-electron chi connectivity index (χ3n) is 6.79. The highest BCUT2D eigenvalue weighted by Crippen LogP contribution is 2.44. The average Bonchev–Trinajstić information content (AvgIpc) is 2.91. The number of hydrogen-bond acceptors (Lipinski definition) is 3. The first-order valence-corrected chi connectivity index (χ1v) is 13.4. The maximum Gasteiger partial charge on any atom is 0.0656 e. The highest BCUT2D eigenvalue weighted by molar-refractivity contribution is 5.82. The van der Waals surface area contributed by atoms with Crippen LogP contribution < -0.4 is 0 Å². The van der Waals surface area contributed by atoms with E-state index in [-0.39, 0.29) is 0 Å². The summed E-state index contributed by atoms with van der Waals surface area (Å²) in [6.07, 6.45) is 8.02. The zero-order valence-corrected chi connectivity index (χ0v) is 22.1. The molecule has 0 bridgehead atoms. The molecule has 0 aromatic heterocycles. The minimum absolute atomic E-state index is 0.334. The maximum absolute atomic E-state index is 5.80. The monoisotopic (exact) mass is 473 g/mol. The molecule has 0 saturated carbocycles. The topological polar surface area (TPSA) is 21.7 Å². The van der Waals surface area contributed by atoms with Gasteiger partial charge in [-0.05, 0) is 74.8 Å². The van der Waals surface area contributed by atoms with E-state index in [9.17, 15) is 0 Å². The Labute approximate surface area is 213 Å². The van der Waals surface area contributed by atoms with Crippen molar-refractivity contribution in [1.82, 2.24) is 4.90 Å². The summed E-state index contributed by atoms with van der Waals surface area (Å²) in [7, 11) is 0. The van der Waals surface area contributed by atoms with E-state index in [4.69, 9.17) is 9.47 Å². The van der Waals surface area contributed by atoms with Gasteiger partial charge in [0.2, 0.25) is 0 Å². The molecule has 188 valence electrons. The lowest BCUT2D eigenvalue weighted by atomic mass is 9.76. The van der Waals surface area contributed by atoms with Gasteiger partial charge in [0.05, 0.1) is 13.2 Å². The van der Waals surface area contributed by atoms with Crippen molar-refractivity contribution in [3.63, 3.8) is 0 Å². The van der Waals surface area contributed by atoms with E-state index in [1.807, 2.05) is 0 Å². The standard InChI is InChI=1S/C32H43NO2/c1-5-33(6-2)32-30(28(22-24-34-7-3)26-16-11-9-12-17-26)20-15-21-31(32)29(23-25-35-8-4)27-18-13-10-14-19-27/h9-14,16-19,22-23,30H,5-8,15,20-21,24-25H2,1-4H3/b28-22-,29-23+. The molecule has 0 aliphatic heterocycles. The van der Waals surface area contributed by atoms with Crippen LogP contribution in [0.15, 0.2) is 84.1 Å². The summed E-state index contributed by atoms with van der Waals surface area (Å²) in [5.41, 5.74) is 8.21. The lowest BCUT2D eigenvalue weighted by Crippen LogP contribution is -2.31. The van der Waals surface area contributed by atoms with E-state index >= 15 is 0 Å². The molecular weight excluding hydrogens is 430 g/mol. The van der Waals surface area contributed by atoms with Gasteiger partial charge >= 0.3 is 0 Å². The fraction of sp³-hybridized carbons (Fsp3) is 0.438. The molecule has 2 aromatic carbocycles. The summed E-state index contributed by atoms with van der Waals surface area (Å²) in [5, 5.41) is 0. The van der Waals surface area contributed by atoms with Crippen molar-refractivity contribution in [3.05, 3.63) is 95.2 Å². The van der Waals surface area contributed by atoms with E-state index in [1.165, 1.54) is 40.0 Å². The predicted octanol–water partition coefficient (Wildman–Crippen LogP) is 7.62. The van der Waals surface area contributed by atoms with Crippen molar-refractivity contribution in [3.8, 4) is 0 Å². The minimum Gasteiger partial charge on any atom is -0.378 e. The predicted molar refractivity (Wildman–Crippen MR) is 149 cm³/mol. The summed E-state index contributed by atoms with van der Waals surface area (Å²) >= 11 is 0. The van der Waals surface area contributed by atoms with Gasteiger partial charge in [-0.3, -0.25) is 0 Å². The molecule has 1 unspecified atom stereocenters. The van der Waals surface area contributed by atoms with Gasteiger partial charge in [-0.25, -0.2) is 0 Å². The molecule has 0 heterocycles. The van der Waals surface area contributed by atoms with Crippen LogP contribution in [0.3, 0.4) is 0 Å². The Morgan fingerprint density at radius 3 is 1.94 bits per heavy atom. The minimum atomic E-state index is 0.334. The van der Waals surface area contributed by atoms with E-state index in [1.54, 1.807) is 0 Å². The molecule has 3 rings (SSSR count). The Morgan fingerprint density at radius 2 is 1.37 bits per heavy atom. The van der Waals surface area contributed by atoms with Gasteiger partial charge < -0.3 is 14.4 Å². The van der Waals surface area contributed by atoms with Gasteiger partial charge in [-0.1, -0.05) is 72.8 Å². The van der Waals surface area contributed by atoms with Gasteiger partial charge in [0.25, 0.3) is 0 Å². The molecule has 0 spiro atoms. The Kier molecular flexibility index (Phi) is 11.3. The molecule has 0 fully saturated rings. The van der Waals surface area contributed by atoms with Crippen molar-refractivity contribution >= 4 is 11.1 Å².